The van der Waals surface area contributed by atoms with Gasteiger partial charge in [-0.25, -0.2) is 4.98 Å². The molecule has 0 radical (unpaired) electrons. The van der Waals surface area contributed by atoms with Crippen LogP contribution in [0.1, 0.15) is 16.8 Å². The third-order valence-corrected chi connectivity index (χ3v) is 4.64. The van der Waals surface area contributed by atoms with Crippen molar-refractivity contribution < 1.29 is 28.0 Å². The van der Waals surface area contributed by atoms with E-state index in [1.165, 1.54) is 27.6 Å². The maximum Gasteiger partial charge on any atom is 0.416 e. The van der Waals surface area contributed by atoms with Crippen molar-refractivity contribution in [1.82, 2.24) is 0 Å². The number of rotatable bonds is 4. The average Bonchev–Trinajstić information content (AvgIpc) is 2.57. The summed E-state index contributed by atoms with van der Waals surface area (Å²) in [5, 5.41) is 0. The Morgan fingerprint density at radius 1 is 0.833 bits per heavy atom. The first-order valence-corrected chi connectivity index (χ1v) is 8.30. The van der Waals surface area contributed by atoms with Gasteiger partial charge in [-0.3, -0.25) is 0 Å². The summed E-state index contributed by atoms with van der Waals surface area (Å²) in [5.74, 6) is 0. The van der Waals surface area contributed by atoms with Crippen molar-refractivity contribution in [3.63, 3.8) is 0 Å². The number of halogens is 3. The quantitative estimate of drug-likeness (QED) is 0.784. The Morgan fingerprint density at radius 3 is 2.08 bits per heavy atom. The van der Waals surface area contributed by atoms with Crippen LogP contribution in [0, 0.1) is 0 Å². The van der Waals surface area contributed by atoms with E-state index in [2.05, 4.69) is 11.1 Å². The summed E-state index contributed by atoms with van der Waals surface area (Å²) in [6.07, 6.45) is -2.35. The largest absolute Gasteiger partial charge is 0.416 e. The van der Waals surface area contributed by atoms with Gasteiger partial charge < -0.3 is 9.80 Å². The van der Waals surface area contributed by atoms with Crippen LogP contribution in [-0.4, -0.2) is 26.2 Å². The van der Waals surface area contributed by atoms with E-state index in [1.54, 1.807) is 12.1 Å². The molecule has 1 aromatic heterocycles. The van der Waals surface area contributed by atoms with Crippen LogP contribution in [0.3, 0.4) is 0 Å². The molecule has 128 valence electrons. The van der Waals surface area contributed by atoms with Gasteiger partial charge in [0.1, 0.15) is 32.7 Å². The number of piperazine rings is 1. The summed E-state index contributed by atoms with van der Waals surface area (Å²) in [7, 11) is 0. The van der Waals surface area contributed by atoms with Crippen molar-refractivity contribution in [2.45, 2.75) is 19.3 Å². The minimum absolute atomic E-state index is 0.403. The Labute approximate surface area is 139 Å². The van der Waals surface area contributed by atoms with E-state index in [0.717, 1.165) is 32.7 Å². The van der Waals surface area contributed by atoms with Gasteiger partial charge in [-0.2, -0.15) is 13.2 Å². The Morgan fingerprint density at radius 2 is 1.46 bits per heavy atom. The topological polar surface area (TPSA) is 23.0 Å². The fraction of sp³-hybridized carbons (Fsp3) is 0.389. The highest BCUT2D eigenvalue weighted by atomic mass is 19.4. The number of benzene rings is 1. The van der Waals surface area contributed by atoms with Gasteiger partial charge in [0.25, 0.3) is 0 Å². The van der Waals surface area contributed by atoms with Crippen LogP contribution in [0.15, 0.2) is 48.7 Å². The molecule has 1 fully saturated rings. The molecular formula is C18H23F3N3+3. The number of aromatic amines is 1. The van der Waals surface area contributed by atoms with Gasteiger partial charge in [-0.1, -0.05) is 18.2 Å². The van der Waals surface area contributed by atoms with Crippen LogP contribution in [0.25, 0.3) is 0 Å². The van der Waals surface area contributed by atoms with Crippen LogP contribution >= 0.6 is 0 Å². The van der Waals surface area contributed by atoms with E-state index in [0.29, 0.717) is 12.1 Å². The second kappa shape index (κ2) is 7.32. The van der Waals surface area contributed by atoms with Crippen molar-refractivity contribution in [3.05, 3.63) is 65.5 Å². The number of hydrogen-bond acceptors (Lipinski definition) is 0. The summed E-state index contributed by atoms with van der Waals surface area (Å²) in [6.45, 7) is 5.13. The highest BCUT2D eigenvalue weighted by Crippen LogP contribution is 2.31. The van der Waals surface area contributed by atoms with Crippen LogP contribution in [0.2, 0.25) is 0 Å². The average molecular weight is 338 g/mol. The predicted octanol–water partition coefficient (Wildman–Crippen LogP) is 0.00310. The first kappa shape index (κ1) is 16.9. The van der Waals surface area contributed by atoms with Gasteiger partial charge in [-0.05, 0) is 12.1 Å². The zero-order valence-electron chi connectivity index (χ0n) is 13.5. The number of nitrogens with one attached hydrogen (secondary N) is 3. The van der Waals surface area contributed by atoms with Crippen molar-refractivity contribution in [3.8, 4) is 0 Å². The highest BCUT2D eigenvalue weighted by molar-refractivity contribution is 5.28. The standard InChI is InChI=1S/C18H20F3N3/c19-18(20,21)17-7-2-1-5-15(17)13-23-9-11-24(12-10-23)14-16-6-3-4-8-22-16/h1-8H,9-14H2/p+3. The van der Waals surface area contributed by atoms with Crippen LogP contribution in [0.5, 0.6) is 0 Å². The van der Waals surface area contributed by atoms with E-state index in [9.17, 15) is 13.2 Å². The smallest absolute Gasteiger partial charge is 0.322 e. The van der Waals surface area contributed by atoms with Crippen molar-refractivity contribution >= 4 is 0 Å². The molecule has 6 heteroatoms. The van der Waals surface area contributed by atoms with Gasteiger partial charge in [0.2, 0.25) is 5.69 Å². The number of pyridine rings is 1. The third-order valence-electron chi connectivity index (χ3n) is 4.64. The lowest BCUT2D eigenvalue weighted by molar-refractivity contribution is -1.03. The Kier molecular flexibility index (Phi) is 5.16. The van der Waals surface area contributed by atoms with Gasteiger partial charge in [-0.15, -0.1) is 0 Å². The van der Waals surface area contributed by atoms with E-state index in [1.807, 2.05) is 18.3 Å². The lowest BCUT2D eigenvalue weighted by atomic mass is 10.1. The molecule has 1 aliphatic rings. The van der Waals surface area contributed by atoms with Gasteiger partial charge in [0, 0.05) is 17.7 Å². The Bertz CT molecular complexity index is 650. The molecule has 3 nitrogen and oxygen atoms in total. The SMILES string of the molecule is FC(F)(F)c1ccccc1C[NH+]1CC[NH+](Cc2cccc[nH+]2)CC1. The second-order valence-corrected chi connectivity index (χ2v) is 6.40. The van der Waals surface area contributed by atoms with Crippen LogP contribution in [0.4, 0.5) is 13.2 Å². The van der Waals surface area contributed by atoms with Gasteiger partial charge >= 0.3 is 6.18 Å². The molecular weight excluding hydrogens is 315 g/mol. The highest BCUT2D eigenvalue weighted by Gasteiger charge is 2.34. The van der Waals surface area contributed by atoms with Gasteiger partial charge in [0.05, 0.1) is 5.56 Å². The minimum Gasteiger partial charge on any atom is -0.322 e. The van der Waals surface area contributed by atoms with Crippen molar-refractivity contribution in [2.24, 2.45) is 0 Å². The number of H-pyrrole nitrogens is 1. The molecule has 2 aromatic rings. The molecule has 0 bridgehead atoms. The molecule has 0 spiro atoms. The molecule has 1 aromatic carbocycles. The molecule has 1 aliphatic heterocycles. The number of aromatic nitrogens is 1. The third kappa shape index (κ3) is 4.33. The maximum atomic E-state index is 13.1. The van der Waals surface area contributed by atoms with Crippen LogP contribution < -0.4 is 14.8 Å². The van der Waals surface area contributed by atoms with E-state index in [4.69, 9.17) is 0 Å². The lowest BCUT2D eigenvalue weighted by Gasteiger charge is -2.29. The fourth-order valence-corrected chi connectivity index (χ4v) is 3.34. The van der Waals surface area contributed by atoms with E-state index < -0.39 is 11.7 Å². The monoisotopic (exact) mass is 338 g/mol. The summed E-state index contributed by atoms with van der Waals surface area (Å²) in [4.78, 5) is 5.94. The Hall–Kier alpha value is -1.92. The molecule has 0 amide bonds. The summed E-state index contributed by atoms with van der Waals surface area (Å²) in [5.41, 5.74) is 1.10. The normalized spacial score (nSPS) is 21.6. The lowest BCUT2D eigenvalue weighted by Crippen LogP contribution is -3.27. The first-order valence-electron chi connectivity index (χ1n) is 8.30. The molecule has 0 unspecified atom stereocenters. The van der Waals surface area contributed by atoms with E-state index >= 15 is 0 Å². The maximum absolute atomic E-state index is 13.1. The Balaban J connectivity index is 1.56. The summed E-state index contributed by atoms with van der Waals surface area (Å²) < 4.78 is 39.3. The summed E-state index contributed by atoms with van der Waals surface area (Å²) >= 11 is 0. The number of quaternary nitrogens is 2. The number of alkyl halides is 3. The predicted molar refractivity (Wildman–Crippen MR) is 83.2 cm³/mol. The minimum atomic E-state index is -4.27. The van der Waals surface area contributed by atoms with Gasteiger partial charge in [0.15, 0.2) is 12.7 Å². The van der Waals surface area contributed by atoms with Crippen LogP contribution in [-0.2, 0) is 19.3 Å². The zero-order chi connectivity index (χ0) is 17.0. The first-order chi connectivity index (χ1) is 11.5. The molecule has 2 heterocycles. The van der Waals surface area contributed by atoms with Crippen molar-refractivity contribution in [2.75, 3.05) is 26.2 Å². The molecule has 3 rings (SSSR count). The fourth-order valence-electron chi connectivity index (χ4n) is 3.34. The molecule has 24 heavy (non-hydrogen) atoms. The zero-order valence-corrected chi connectivity index (χ0v) is 13.5. The molecule has 1 saturated heterocycles. The summed E-state index contributed by atoms with van der Waals surface area (Å²) in [6, 6.07) is 12.0. The second-order valence-electron chi connectivity index (χ2n) is 6.40. The molecule has 0 saturated carbocycles. The van der Waals surface area contributed by atoms with E-state index in [-0.39, 0.29) is 0 Å². The molecule has 0 aliphatic carbocycles. The number of hydrogen-bond donors (Lipinski definition) is 2. The van der Waals surface area contributed by atoms with Crippen molar-refractivity contribution in [1.29, 1.82) is 0 Å². The molecule has 0 atom stereocenters. The molecule has 3 N–H and O–H groups in total.